The molecule has 2 aliphatic rings. The Morgan fingerprint density at radius 3 is 2.68 bits per heavy atom. The number of phenolic OH excluding ortho intramolecular Hbond substituents is 2. The Balaban J connectivity index is 2.36. The van der Waals surface area contributed by atoms with Crippen LogP contribution < -0.4 is 5.43 Å². The zero-order valence-electron chi connectivity index (χ0n) is 11.7. The van der Waals surface area contributed by atoms with Gasteiger partial charge in [0.25, 0.3) is 0 Å². The zero-order valence-corrected chi connectivity index (χ0v) is 11.7. The van der Waals surface area contributed by atoms with Crippen molar-refractivity contribution in [2.24, 2.45) is 7.05 Å². The Labute approximate surface area is 125 Å². The second-order valence-corrected chi connectivity index (χ2v) is 5.33. The molecule has 2 aliphatic heterocycles. The molecule has 108 valence electrons. The molecule has 0 atom stereocenters. The second-order valence-electron chi connectivity index (χ2n) is 5.33. The van der Waals surface area contributed by atoms with Crippen molar-refractivity contribution in [1.29, 1.82) is 0 Å². The number of hydrogen-bond donors (Lipinski definition) is 2. The van der Waals surface area contributed by atoms with Crippen LogP contribution >= 0.6 is 0 Å². The second kappa shape index (κ2) is 4.21. The third kappa shape index (κ3) is 1.59. The van der Waals surface area contributed by atoms with Crippen LogP contribution in [0.4, 0.5) is 0 Å². The van der Waals surface area contributed by atoms with Gasteiger partial charge in [0.2, 0.25) is 0 Å². The van der Waals surface area contributed by atoms with Crippen LogP contribution in [0.1, 0.15) is 0 Å². The molecule has 22 heavy (non-hydrogen) atoms. The lowest BCUT2D eigenvalue weighted by Gasteiger charge is -2.15. The Kier molecular flexibility index (Phi) is 2.42. The van der Waals surface area contributed by atoms with E-state index in [4.69, 9.17) is 0 Å². The molecule has 0 spiro atoms. The van der Waals surface area contributed by atoms with Gasteiger partial charge in [0.05, 0.1) is 10.9 Å². The lowest BCUT2D eigenvalue weighted by Crippen LogP contribution is -2.14. The van der Waals surface area contributed by atoms with E-state index in [2.05, 4.69) is 4.98 Å². The van der Waals surface area contributed by atoms with E-state index in [9.17, 15) is 15.0 Å². The molecule has 0 amide bonds. The fourth-order valence-corrected chi connectivity index (χ4v) is 2.90. The van der Waals surface area contributed by atoms with Gasteiger partial charge in [-0.1, -0.05) is 24.3 Å². The summed E-state index contributed by atoms with van der Waals surface area (Å²) in [6, 6.07) is 10.1. The zero-order chi connectivity index (χ0) is 15.4. The van der Waals surface area contributed by atoms with E-state index in [0.29, 0.717) is 11.4 Å². The van der Waals surface area contributed by atoms with Gasteiger partial charge in [0.15, 0.2) is 5.43 Å². The third-order valence-corrected chi connectivity index (χ3v) is 3.88. The van der Waals surface area contributed by atoms with Crippen molar-refractivity contribution < 1.29 is 10.2 Å². The molecule has 0 aliphatic carbocycles. The first-order valence-corrected chi connectivity index (χ1v) is 6.80. The van der Waals surface area contributed by atoms with Gasteiger partial charge in [-0.05, 0) is 16.8 Å². The van der Waals surface area contributed by atoms with E-state index < -0.39 is 0 Å². The van der Waals surface area contributed by atoms with E-state index in [1.165, 1.54) is 12.1 Å². The summed E-state index contributed by atoms with van der Waals surface area (Å²) < 4.78 is 1.77. The fraction of sp³-hybridized carbons (Fsp3) is 0.0588. The Morgan fingerprint density at radius 1 is 1.09 bits per heavy atom. The first-order chi connectivity index (χ1) is 10.6. The average molecular weight is 292 g/mol. The van der Waals surface area contributed by atoms with Gasteiger partial charge in [0, 0.05) is 19.3 Å². The molecule has 0 unspecified atom stereocenters. The van der Waals surface area contributed by atoms with Crippen molar-refractivity contribution in [1.82, 2.24) is 9.55 Å². The van der Waals surface area contributed by atoms with E-state index in [1.807, 2.05) is 37.5 Å². The van der Waals surface area contributed by atoms with Gasteiger partial charge in [-0.3, -0.25) is 4.79 Å². The standard InChI is InChI=1S/C17H12N2O3/c1-19-8-9-4-2-3-5-11(9)14-16(22)12-6-10(20)7-13(21)15(12)18-17(14)19/h2-8,20-21H,1H3. The predicted molar refractivity (Wildman–Crippen MR) is 84.4 cm³/mol. The summed E-state index contributed by atoms with van der Waals surface area (Å²) in [5, 5.41) is 21.6. The molecule has 0 fully saturated rings. The minimum atomic E-state index is -0.251. The third-order valence-electron chi connectivity index (χ3n) is 3.88. The highest BCUT2D eigenvalue weighted by Crippen LogP contribution is 2.32. The van der Waals surface area contributed by atoms with Gasteiger partial charge >= 0.3 is 0 Å². The first kappa shape index (κ1) is 12.6. The normalized spacial score (nSPS) is 11.5. The van der Waals surface area contributed by atoms with Crippen LogP contribution in [0, 0.1) is 0 Å². The highest BCUT2D eigenvalue weighted by molar-refractivity contribution is 6.00. The molecule has 0 saturated carbocycles. The smallest absolute Gasteiger partial charge is 0.199 e. The molecule has 4 rings (SSSR count). The van der Waals surface area contributed by atoms with E-state index in [-0.39, 0.29) is 27.8 Å². The van der Waals surface area contributed by atoms with Crippen molar-refractivity contribution >= 4 is 21.7 Å². The van der Waals surface area contributed by atoms with Crippen LogP contribution in [0.3, 0.4) is 0 Å². The van der Waals surface area contributed by atoms with Crippen molar-refractivity contribution in [3.8, 4) is 22.9 Å². The van der Waals surface area contributed by atoms with Gasteiger partial charge in [-0.25, -0.2) is 4.98 Å². The maximum absolute atomic E-state index is 12.9. The number of aromatic hydroxyl groups is 2. The summed E-state index contributed by atoms with van der Waals surface area (Å²) in [4.78, 5) is 17.3. The molecular formula is C17H12N2O3. The summed E-state index contributed by atoms with van der Waals surface area (Å²) in [6.45, 7) is 0. The number of fused-ring (bicyclic) bond motifs is 4. The van der Waals surface area contributed by atoms with Crippen molar-refractivity contribution in [2.45, 2.75) is 0 Å². The molecule has 5 nitrogen and oxygen atoms in total. The van der Waals surface area contributed by atoms with Gasteiger partial charge in [-0.15, -0.1) is 0 Å². The minimum absolute atomic E-state index is 0.159. The molecule has 2 heterocycles. The number of nitrogens with zero attached hydrogens (tertiary/aromatic N) is 2. The first-order valence-electron chi connectivity index (χ1n) is 6.80. The molecule has 0 radical (unpaired) electrons. The molecule has 5 heteroatoms. The number of aromatic nitrogens is 2. The van der Waals surface area contributed by atoms with E-state index >= 15 is 0 Å². The van der Waals surface area contributed by atoms with E-state index in [1.54, 1.807) is 4.57 Å². The summed E-state index contributed by atoms with van der Waals surface area (Å²) in [7, 11) is 1.81. The van der Waals surface area contributed by atoms with Gasteiger partial charge in [-0.2, -0.15) is 0 Å². The Hall–Kier alpha value is -3.08. The summed E-state index contributed by atoms with van der Waals surface area (Å²) >= 11 is 0. The summed E-state index contributed by atoms with van der Waals surface area (Å²) in [6.07, 6.45) is 1.90. The molecule has 2 N–H and O–H groups in total. The number of pyridine rings is 2. The lowest BCUT2D eigenvalue weighted by molar-refractivity contribution is 0.454. The predicted octanol–water partition coefficient (Wildman–Crippen LogP) is 2.60. The fourth-order valence-electron chi connectivity index (χ4n) is 2.90. The largest absolute Gasteiger partial charge is 0.508 e. The number of aryl methyl sites for hydroxylation is 1. The number of hydrogen-bond acceptors (Lipinski definition) is 4. The quantitative estimate of drug-likeness (QED) is 0.386. The van der Waals surface area contributed by atoms with Crippen LogP contribution in [0.25, 0.3) is 33.1 Å². The highest BCUT2D eigenvalue weighted by atomic mass is 16.3. The lowest BCUT2D eigenvalue weighted by atomic mass is 10.0. The van der Waals surface area contributed by atoms with Gasteiger partial charge < -0.3 is 14.8 Å². The molecule has 0 bridgehead atoms. The Bertz CT molecular complexity index is 1080. The molecule has 0 saturated heterocycles. The number of phenols is 2. The topological polar surface area (TPSA) is 75.4 Å². The highest BCUT2D eigenvalue weighted by Gasteiger charge is 2.19. The monoisotopic (exact) mass is 292 g/mol. The molecular weight excluding hydrogens is 280 g/mol. The number of rotatable bonds is 0. The molecule has 2 aromatic carbocycles. The maximum Gasteiger partial charge on any atom is 0.199 e. The van der Waals surface area contributed by atoms with Crippen molar-refractivity contribution in [3.63, 3.8) is 0 Å². The van der Waals surface area contributed by atoms with Crippen LogP contribution in [-0.4, -0.2) is 19.8 Å². The minimum Gasteiger partial charge on any atom is -0.508 e. The van der Waals surface area contributed by atoms with Crippen LogP contribution in [0.15, 0.2) is 47.4 Å². The molecule has 2 aromatic rings. The maximum atomic E-state index is 12.9. The van der Waals surface area contributed by atoms with Crippen LogP contribution in [0.5, 0.6) is 11.5 Å². The van der Waals surface area contributed by atoms with Crippen molar-refractivity contribution in [2.75, 3.05) is 0 Å². The van der Waals surface area contributed by atoms with Crippen molar-refractivity contribution in [3.05, 3.63) is 52.8 Å². The summed E-state index contributed by atoms with van der Waals surface area (Å²) in [5.41, 5.74) is 0.429. The van der Waals surface area contributed by atoms with Gasteiger partial charge in [0.1, 0.15) is 22.8 Å². The summed E-state index contributed by atoms with van der Waals surface area (Å²) in [5.74, 6) is 0.132. The Morgan fingerprint density at radius 2 is 1.86 bits per heavy atom. The molecule has 0 aromatic heterocycles. The van der Waals surface area contributed by atoms with Crippen LogP contribution in [0.2, 0.25) is 0 Å². The van der Waals surface area contributed by atoms with Crippen LogP contribution in [-0.2, 0) is 7.05 Å². The average Bonchev–Trinajstić information content (AvgIpc) is 2.48. The SMILES string of the molecule is Cn1cc2ccccc2c2c(=O)c3cc(O)cc(O)c3nc1-2. The van der Waals surface area contributed by atoms with E-state index in [0.717, 1.165) is 10.8 Å². The number of benzene rings is 2.